The number of nitrogens with one attached hydrogen (secondary N) is 2. The molecule has 1 aromatic heterocycles. The van der Waals surface area contributed by atoms with Crippen LogP contribution in [0.15, 0.2) is 91.1 Å². The van der Waals surface area contributed by atoms with Gasteiger partial charge in [0.15, 0.2) is 5.78 Å². The van der Waals surface area contributed by atoms with E-state index in [4.69, 9.17) is 17.0 Å². The van der Waals surface area contributed by atoms with Crippen LogP contribution in [-0.4, -0.2) is 41.5 Å². The number of amidine groups is 1. The largest absolute Gasteiger partial charge is 0.363 e. The van der Waals surface area contributed by atoms with Crippen molar-refractivity contribution in [3.8, 4) is 11.1 Å². The molecule has 36 heavy (non-hydrogen) atoms. The average molecular weight is 497 g/mol. The van der Waals surface area contributed by atoms with E-state index in [0.29, 0.717) is 33.4 Å². The number of ketones is 1. The molecule has 0 atom stereocenters. The lowest BCUT2D eigenvalue weighted by Gasteiger charge is -2.17. The standard InChI is InChI=1S/C29H25ClN4O2/c1-34(2)28(31)25-10-6-5-8-23(25)19-11-13-20(14-12-19)26(35)17-21-7-3-4-9-24(21)29(36)33-27-16-15-22(30)18-32-27/h3-16,18,31H,17H2,1-2H3,(H,32,33,36). The molecule has 0 spiro atoms. The van der Waals surface area contributed by atoms with Crippen LogP contribution in [0.5, 0.6) is 0 Å². The van der Waals surface area contributed by atoms with Crippen LogP contribution in [0.1, 0.15) is 31.8 Å². The van der Waals surface area contributed by atoms with Gasteiger partial charge in [0.25, 0.3) is 5.91 Å². The van der Waals surface area contributed by atoms with Gasteiger partial charge in [0.1, 0.15) is 11.7 Å². The fourth-order valence-electron chi connectivity index (χ4n) is 3.82. The summed E-state index contributed by atoms with van der Waals surface area (Å²) in [6.07, 6.45) is 1.54. The van der Waals surface area contributed by atoms with Gasteiger partial charge in [0.2, 0.25) is 0 Å². The first-order valence-corrected chi connectivity index (χ1v) is 11.7. The van der Waals surface area contributed by atoms with Gasteiger partial charge in [-0.1, -0.05) is 78.3 Å². The number of amides is 1. The highest BCUT2D eigenvalue weighted by molar-refractivity contribution is 6.30. The molecule has 0 bridgehead atoms. The van der Waals surface area contributed by atoms with Crippen LogP contribution in [0.25, 0.3) is 11.1 Å². The van der Waals surface area contributed by atoms with Crippen LogP contribution in [0.2, 0.25) is 5.02 Å². The Balaban J connectivity index is 1.52. The van der Waals surface area contributed by atoms with Gasteiger partial charge < -0.3 is 10.2 Å². The third kappa shape index (κ3) is 5.67. The van der Waals surface area contributed by atoms with E-state index in [2.05, 4.69) is 10.3 Å². The van der Waals surface area contributed by atoms with E-state index in [0.717, 1.165) is 16.7 Å². The number of Topliss-reactive ketones (excluding diaryl/α,β-unsaturated/α-hetero) is 1. The second-order valence-electron chi connectivity index (χ2n) is 8.44. The van der Waals surface area contributed by atoms with Crippen molar-refractivity contribution in [3.63, 3.8) is 0 Å². The second kappa shape index (κ2) is 11.0. The Bertz CT molecular complexity index is 1410. The van der Waals surface area contributed by atoms with E-state index in [-0.39, 0.29) is 18.1 Å². The van der Waals surface area contributed by atoms with Crippen LogP contribution in [0.4, 0.5) is 5.82 Å². The Morgan fingerprint density at radius 2 is 1.56 bits per heavy atom. The maximum absolute atomic E-state index is 13.1. The zero-order chi connectivity index (χ0) is 25.7. The Morgan fingerprint density at radius 3 is 2.22 bits per heavy atom. The van der Waals surface area contributed by atoms with Gasteiger partial charge >= 0.3 is 0 Å². The third-order valence-electron chi connectivity index (χ3n) is 5.73. The molecule has 0 aliphatic carbocycles. The molecule has 0 radical (unpaired) electrons. The normalized spacial score (nSPS) is 10.5. The number of hydrogen-bond donors (Lipinski definition) is 2. The molecule has 0 aliphatic rings. The zero-order valence-electron chi connectivity index (χ0n) is 20.0. The molecule has 0 saturated carbocycles. The van der Waals surface area contributed by atoms with Crippen molar-refractivity contribution in [1.29, 1.82) is 5.41 Å². The molecule has 180 valence electrons. The van der Waals surface area contributed by atoms with Gasteiger partial charge in [0, 0.05) is 43.4 Å². The Hall–Kier alpha value is -4.29. The maximum atomic E-state index is 13.1. The molecule has 0 fully saturated rings. The number of nitrogens with zero attached hydrogens (tertiary/aromatic N) is 2. The average Bonchev–Trinajstić information content (AvgIpc) is 2.90. The third-order valence-corrected chi connectivity index (χ3v) is 5.95. The molecular weight excluding hydrogens is 472 g/mol. The van der Waals surface area contributed by atoms with E-state index in [1.807, 2.05) is 50.5 Å². The summed E-state index contributed by atoms with van der Waals surface area (Å²) in [5.74, 6) is 0.349. The maximum Gasteiger partial charge on any atom is 0.257 e. The molecule has 4 rings (SSSR count). The van der Waals surface area contributed by atoms with Gasteiger partial charge in [0.05, 0.1) is 5.02 Å². The number of carbonyl (C=O) groups is 2. The lowest BCUT2D eigenvalue weighted by molar-refractivity contribution is 0.0992. The highest BCUT2D eigenvalue weighted by atomic mass is 35.5. The summed E-state index contributed by atoms with van der Waals surface area (Å²) in [6.45, 7) is 0. The Kier molecular flexibility index (Phi) is 7.56. The summed E-state index contributed by atoms with van der Waals surface area (Å²) >= 11 is 5.86. The van der Waals surface area contributed by atoms with Gasteiger partial charge in [-0.3, -0.25) is 15.0 Å². The van der Waals surface area contributed by atoms with Crippen molar-refractivity contribution in [2.24, 2.45) is 0 Å². The van der Waals surface area contributed by atoms with Gasteiger partial charge in [-0.15, -0.1) is 0 Å². The number of aromatic nitrogens is 1. The van der Waals surface area contributed by atoms with Crippen molar-refractivity contribution in [2.75, 3.05) is 19.4 Å². The smallest absolute Gasteiger partial charge is 0.257 e. The topological polar surface area (TPSA) is 86.2 Å². The second-order valence-corrected chi connectivity index (χ2v) is 8.88. The highest BCUT2D eigenvalue weighted by Crippen LogP contribution is 2.25. The number of benzene rings is 3. The minimum absolute atomic E-state index is 0.0822. The molecule has 0 saturated heterocycles. The minimum Gasteiger partial charge on any atom is -0.363 e. The predicted molar refractivity (Wildman–Crippen MR) is 144 cm³/mol. The van der Waals surface area contributed by atoms with Crippen molar-refractivity contribution < 1.29 is 9.59 Å². The first kappa shape index (κ1) is 24.8. The molecule has 0 aliphatic heterocycles. The molecular formula is C29H25ClN4O2. The highest BCUT2D eigenvalue weighted by Gasteiger charge is 2.16. The van der Waals surface area contributed by atoms with Gasteiger partial charge in [-0.25, -0.2) is 4.98 Å². The van der Waals surface area contributed by atoms with E-state index in [9.17, 15) is 9.59 Å². The molecule has 1 heterocycles. The first-order valence-electron chi connectivity index (χ1n) is 11.3. The number of carbonyl (C=O) groups excluding carboxylic acids is 2. The Labute approximate surface area is 215 Å². The zero-order valence-corrected chi connectivity index (χ0v) is 20.7. The van der Waals surface area contributed by atoms with Crippen molar-refractivity contribution in [3.05, 3.63) is 118 Å². The minimum atomic E-state index is -0.344. The number of halogens is 1. The summed E-state index contributed by atoms with van der Waals surface area (Å²) in [6, 6.07) is 25.4. The fraction of sp³-hybridized carbons (Fsp3) is 0.103. The number of rotatable bonds is 7. The predicted octanol–water partition coefficient (Wildman–Crippen LogP) is 5.97. The molecule has 1 amide bonds. The molecule has 7 heteroatoms. The van der Waals surface area contributed by atoms with E-state index >= 15 is 0 Å². The first-order chi connectivity index (χ1) is 17.3. The SMILES string of the molecule is CN(C)C(=N)c1ccccc1-c1ccc(C(=O)Cc2ccccc2C(=O)Nc2ccc(Cl)cn2)cc1. The summed E-state index contributed by atoms with van der Waals surface area (Å²) < 4.78 is 0. The van der Waals surface area contributed by atoms with Crippen LogP contribution in [0.3, 0.4) is 0 Å². The van der Waals surface area contributed by atoms with Crippen LogP contribution < -0.4 is 5.32 Å². The molecule has 3 aromatic carbocycles. The van der Waals surface area contributed by atoms with Crippen LogP contribution in [-0.2, 0) is 6.42 Å². The lowest BCUT2D eigenvalue weighted by atomic mass is 9.95. The van der Waals surface area contributed by atoms with Gasteiger partial charge in [-0.2, -0.15) is 0 Å². The van der Waals surface area contributed by atoms with Crippen LogP contribution >= 0.6 is 11.6 Å². The van der Waals surface area contributed by atoms with Crippen LogP contribution in [0, 0.1) is 5.41 Å². The summed E-state index contributed by atoms with van der Waals surface area (Å²) in [4.78, 5) is 31.8. The number of anilines is 1. The van der Waals surface area contributed by atoms with Crippen molar-refractivity contribution in [2.45, 2.75) is 6.42 Å². The molecule has 4 aromatic rings. The monoisotopic (exact) mass is 496 g/mol. The number of hydrogen-bond acceptors (Lipinski definition) is 4. The summed E-state index contributed by atoms with van der Waals surface area (Å²) in [5, 5.41) is 11.6. The van der Waals surface area contributed by atoms with Crippen molar-refractivity contribution in [1.82, 2.24) is 9.88 Å². The summed E-state index contributed by atoms with van der Waals surface area (Å²) in [5.41, 5.74) is 4.25. The van der Waals surface area contributed by atoms with E-state index in [1.54, 1.807) is 53.4 Å². The number of pyridine rings is 1. The van der Waals surface area contributed by atoms with E-state index < -0.39 is 0 Å². The molecule has 2 N–H and O–H groups in total. The summed E-state index contributed by atoms with van der Waals surface area (Å²) in [7, 11) is 3.68. The quantitative estimate of drug-likeness (QED) is 0.187. The molecule has 6 nitrogen and oxygen atoms in total. The fourth-order valence-corrected chi connectivity index (χ4v) is 3.93. The van der Waals surface area contributed by atoms with E-state index in [1.165, 1.54) is 6.20 Å². The molecule has 0 unspecified atom stereocenters. The lowest BCUT2D eigenvalue weighted by Crippen LogP contribution is -2.22. The van der Waals surface area contributed by atoms with Crippen molar-refractivity contribution >= 4 is 34.9 Å². The van der Waals surface area contributed by atoms with Gasteiger partial charge in [-0.05, 0) is 34.9 Å². The Morgan fingerprint density at radius 1 is 0.889 bits per heavy atom.